The number of carbonyl (C=O) groups excluding carboxylic acids is 1. The first-order valence-corrected chi connectivity index (χ1v) is 10.6. The zero-order valence-corrected chi connectivity index (χ0v) is 20.0. The van der Waals surface area contributed by atoms with Crippen molar-refractivity contribution in [1.82, 2.24) is 16.0 Å². The van der Waals surface area contributed by atoms with Gasteiger partial charge in [0.1, 0.15) is 5.82 Å². The Hall–Kier alpha value is -1.03. The second kappa shape index (κ2) is 13.2. The minimum absolute atomic E-state index is 0. The standard InChI is InChI=1S/C20H31FN4OS.HI/c1-14(2)24-19(26)15-7-6-8-16(13-15)25-20(22-3)23-11-12-27-18-10-5-4-9-17(18)21;/h4-5,9-10,14-16H,6-8,11-13H2,1-3H3,(H,24,26)(H2,22,23,25);1H. The van der Waals surface area contributed by atoms with Crippen molar-refractivity contribution in [2.45, 2.75) is 56.5 Å². The van der Waals surface area contributed by atoms with Gasteiger partial charge in [-0.2, -0.15) is 0 Å². The Morgan fingerprint density at radius 2 is 2.07 bits per heavy atom. The van der Waals surface area contributed by atoms with E-state index in [0.29, 0.717) is 11.4 Å². The van der Waals surface area contributed by atoms with E-state index in [4.69, 9.17) is 0 Å². The van der Waals surface area contributed by atoms with E-state index in [9.17, 15) is 9.18 Å². The molecule has 1 aromatic carbocycles. The summed E-state index contributed by atoms with van der Waals surface area (Å²) in [5, 5.41) is 9.72. The van der Waals surface area contributed by atoms with Gasteiger partial charge >= 0.3 is 0 Å². The highest BCUT2D eigenvalue weighted by atomic mass is 127. The third-order valence-corrected chi connectivity index (χ3v) is 5.58. The van der Waals surface area contributed by atoms with E-state index >= 15 is 0 Å². The Labute approximate surface area is 189 Å². The summed E-state index contributed by atoms with van der Waals surface area (Å²) in [6.45, 7) is 4.66. The molecule has 1 saturated carbocycles. The predicted molar refractivity (Wildman–Crippen MR) is 126 cm³/mol. The molecule has 2 atom stereocenters. The summed E-state index contributed by atoms with van der Waals surface area (Å²) in [6.07, 6.45) is 3.84. The number of guanidine groups is 1. The molecule has 0 spiro atoms. The van der Waals surface area contributed by atoms with Gasteiger partial charge in [-0.1, -0.05) is 18.6 Å². The molecule has 2 unspecified atom stereocenters. The first-order chi connectivity index (χ1) is 13.0. The van der Waals surface area contributed by atoms with Gasteiger partial charge in [-0.3, -0.25) is 9.79 Å². The summed E-state index contributed by atoms with van der Waals surface area (Å²) in [7, 11) is 1.74. The smallest absolute Gasteiger partial charge is 0.223 e. The molecule has 0 saturated heterocycles. The van der Waals surface area contributed by atoms with Crippen LogP contribution in [0.5, 0.6) is 0 Å². The lowest BCUT2D eigenvalue weighted by Crippen LogP contribution is -2.48. The van der Waals surface area contributed by atoms with Crippen LogP contribution in [0, 0.1) is 11.7 Å². The highest BCUT2D eigenvalue weighted by Gasteiger charge is 2.27. The number of amides is 1. The molecule has 8 heteroatoms. The molecule has 1 aliphatic carbocycles. The molecule has 1 amide bonds. The van der Waals surface area contributed by atoms with Gasteiger partial charge < -0.3 is 16.0 Å². The normalized spacial score (nSPS) is 19.7. The highest BCUT2D eigenvalue weighted by Crippen LogP contribution is 2.24. The molecule has 1 aliphatic rings. The number of hydrogen-bond acceptors (Lipinski definition) is 3. The zero-order valence-electron chi connectivity index (χ0n) is 16.8. The lowest BCUT2D eigenvalue weighted by Gasteiger charge is -2.30. The molecule has 3 N–H and O–H groups in total. The molecule has 1 aromatic rings. The van der Waals surface area contributed by atoms with Crippen LogP contribution in [0.2, 0.25) is 0 Å². The molecule has 0 bridgehead atoms. The number of halogens is 2. The first kappa shape index (κ1) is 25.0. The number of thioether (sulfide) groups is 1. The van der Waals surface area contributed by atoms with Crippen molar-refractivity contribution >= 4 is 47.6 Å². The maximum absolute atomic E-state index is 13.6. The van der Waals surface area contributed by atoms with E-state index < -0.39 is 0 Å². The largest absolute Gasteiger partial charge is 0.356 e. The number of nitrogens with zero attached hydrogens (tertiary/aromatic N) is 1. The van der Waals surface area contributed by atoms with Gasteiger partial charge in [-0.05, 0) is 45.2 Å². The van der Waals surface area contributed by atoms with Crippen LogP contribution in [0.3, 0.4) is 0 Å². The van der Waals surface area contributed by atoms with Crippen LogP contribution in [0.4, 0.5) is 4.39 Å². The summed E-state index contributed by atoms with van der Waals surface area (Å²) < 4.78 is 13.6. The maximum Gasteiger partial charge on any atom is 0.223 e. The van der Waals surface area contributed by atoms with Crippen molar-refractivity contribution in [3.05, 3.63) is 30.1 Å². The van der Waals surface area contributed by atoms with Crippen LogP contribution < -0.4 is 16.0 Å². The van der Waals surface area contributed by atoms with Crippen molar-refractivity contribution in [1.29, 1.82) is 0 Å². The van der Waals surface area contributed by atoms with E-state index in [1.54, 1.807) is 19.2 Å². The number of benzene rings is 1. The fourth-order valence-electron chi connectivity index (χ4n) is 3.24. The van der Waals surface area contributed by atoms with Crippen molar-refractivity contribution in [3.8, 4) is 0 Å². The second-order valence-corrected chi connectivity index (χ2v) is 8.28. The van der Waals surface area contributed by atoms with Gasteiger partial charge in [0.15, 0.2) is 5.96 Å². The minimum Gasteiger partial charge on any atom is -0.356 e. The lowest BCUT2D eigenvalue weighted by molar-refractivity contribution is -0.126. The third kappa shape index (κ3) is 8.55. The Balaban J connectivity index is 0.00000392. The molecule has 0 aromatic heterocycles. The number of nitrogens with one attached hydrogen (secondary N) is 3. The second-order valence-electron chi connectivity index (χ2n) is 7.15. The Morgan fingerprint density at radius 1 is 1.32 bits per heavy atom. The van der Waals surface area contributed by atoms with Gasteiger partial charge in [0.25, 0.3) is 0 Å². The lowest BCUT2D eigenvalue weighted by atomic mass is 9.85. The van der Waals surface area contributed by atoms with Crippen molar-refractivity contribution in [3.63, 3.8) is 0 Å². The van der Waals surface area contributed by atoms with Crippen LogP contribution in [-0.2, 0) is 4.79 Å². The fourth-order valence-corrected chi connectivity index (χ4v) is 4.05. The van der Waals surface area contributed by atoms with Crippen molar-refractivity contribution in [2.24, 2.45) is 10.9 Å². The highest BCUT2D eigenvalue weighted by molar-refractivity contribution is 14.0. The van der Waals surface area contributed by atoms with Gasteiger partial charge in [-0.15, -0.1) is 35.7 Å². The molecular weight excluding hydrogens is 490 g/mol. The SMILES string of the molecule is CN=C(NCCSc1ccccc1F)NC1CCCC(C(=O)NC(C)C)C1.I. The predicted octanol–water partition coefficient (Wildman–Crippen LogP) is 3.78. The van der Waals surface area contributed by atoms with Crippen LogP contribution in [0.25, 0.3) is 0 Å². The third-order valence-electron chi connectivity index (χ3n) is 4.53. The molecule has 0 aliphatic heterocycles. The topological polar surface area (TPSA) is 65.5 Å². The van der Waals surface area contributed by atoms with E-state index in [2.05, 4.69) is 20.9 Å². The summed E-state index contributed by atoms with van der Waals surface area (Å²) in [5.41, 5.74) is 0. The van der Waals surface area contributed by atoms with Crippen LogP contribution in [0.1, 0.15) is 39.5 Å². The summed E-state index contributed by atoms with van der Waals surface area (Å²) >= 11 is 1.48. The van der Waals surface area contributed by atoms with E-state index in [0.717, 1.165) is 37.4 Å². The average Bonchev–Trinajstić information content (AvgIpc) is 2.65. The Morgan fingerprint density at radius 3 is 2.75 bits per heavy atom. The molecule has 0 heterocycles. The quantitative estimate of drug-likeness (QED) is 0.168. The summed E-state index contributed by atoms with van der Waals surface area (Å²) in [6, 6.07) is 7.22. The van der Waals surface area contributed by atoms with Crippen LogP contribution in [-0.4, -0.2) is 43.3 Å². The minimum atomic E-state index is -0.182. The van der Waals surface area contributed by atoms with Gasteiger partial charge in [-0.25, -0.2) is 4.39 Å². The monoisotopic (exact) mass is 522 g/mol. The number of aliphatic imine (C=N–C) groups is 1. The fraction of sp³-hybridized carbons (Fsp3) is 0.600. The van der Waals surface area contributed by atoms with Gasteiger partial charge in [0.2, 0.25) is 5.91 Å². The number of hydrogen-bond donors (Lipinski definition) is 3. The molecule has 0 radical (unpaired) electrons. The molecule has 1 fully saturated rings. The zero-order chi connectivity index (χ0) is 19.6. The van der Waals surface area contributed by atoms with Crippen LogP contribution >= 0.6 is 35.7 Å². The number of rotatable bonds is 7. The average molecular weight is 522 g/mol. The first-order valence-electron chi connectivity index (χ1n) is 9.64. The molecule has 2 rings (SSSR count). The summed E-state index contributed by atoms with van der Waals surface area (Å²) in [4.78, 5) is 17.2. The van der Waals surface area contributed by atoms with E-state index in [-0.39, 0.29) is 53.7 Å². The van der Waals surface area contributed by atoms with E-state index in [1.807, 2.05) is 19.9 Å². The van der Waals surface area contributed by atoms with Crippen LogP contribution in [0.15, 0.2) is 34.2 Å². The van der Waals surface area contributed by atoms with Crippen molar-refractivity contribution in [2.75, 3.05) is 19.3 Å². The molecule has 28 heavy (non-hydrogen) atoms. The van der Waals surface area contributed by atoms with Crippen molar-refractivity contribution < 1.29 is 9.18 Å². The molecule has 5 nitrogen and oxygen atoms in total. The van der Waals surface area contributed by atoms with E-state index in [1.165, 1.54) is 17.8 Å². The number of carbonyl (C=O) groups is 1. The summed E-state index contributed by atoms with van der Waals surface area (Å²) in [5.74, 6) is 1.51. The van der Waals surface area contributed by atoms with Gasteiger partial charge in [0, 0.05) is 42.2 Å². The molecular formula is C20H32FIN4OS. The molecule has 158 valence electrons. The Kier molecular flexibility index (Phi) is 11.8. The van der Waals surface area contributed by atoms with Gasteiger partial charge in [0.05, 0.1) is 0 Å². The maximum atomic E-state index is 13.6. The Bertz CT molecular complexity index is 644.